The molecule has 1 saturated carbocycles. The molecule has 3 rings (SSSR count). The van der Waals surface area contributed by atoms with Gasteiger partial charge in [-0.2, -0.15) is 0 Å². The minimum Gasteiger partial charge on any atom is -0.323 e. The predicted octanol–water partition coefficient (Wildman–Crippen LogP) is 2.22. The van der Waals surface area contributed by atoms with Gasteiger partial charge in [0.15, 0.2) is 0 Å². The lowest BCUT2D eigenvalue weighted by molar-refractivity contribution is -0.117. The Hall–Kier alpha value is -2.83. The van der Waals surface area contributed by atoms with Gasteiger partial charge in [0.05, 0.1) is 11.9 Å². The summed E-state index contributed by atoms with van der Waals surface area (Å²) in [6.45, 7) is 0. The number of carbonyl (C=O) groups is 2. The van der Waals surface area contributed by atoms with E-state index in [1.165, 1.54) is 36.8 Å². The molecule has 0 saturated heterocycles. The molecule has 1 heterocycles. The lowest BCUT2D eigenvalue weighted by Crippen LogP contribution is -2.16. The molecule has 1 fully saturated rings. The third-order valence-corrected chi connectivity index (χ3v) is 3.23. The van der Waals surface area contributed by atoms with Gasteiger partial charge in [-0.1, -0.05) is 0 Å². The average molecular weight is 300 g/mol. The molecule has 1 aliphatic rings. The molecule has 7 heteroatoms. The van der Waals surface area contributed by atoms with Crippen LogP contribution in [0, 0.1) is 11.7 Å². The van der Waals surface area contributed by atoms with E-state index in [0.717, 1.165) is 12.8 Å². The second-order valence-electron chi connectivity index (χ2n) is 5.00. The monoisotopic (exact) mass is 300 g/mol. The molecule has 0 spiro atoms. The van der Waals surface area contributed by atoms with Crippen molar-refractivity contribution in [1.29, 1.82) is 0 Å². The van der Waals surface area contributed by atoms with Crippen LogP contribution in [0.15, 0.2) is 36.8 Å². The molecular formula is C15H13FN4O2. The molecule has 0 bridgehead atoms. The second-order valence-corrected chi connectivity index (χ2v) is 5.00. The lowest BCUT2D eigenvalue weighted by atomic mass is 10.2. The van der Waals surface area contributed by atoms with E-state index in [9.17, 15) is 14.0 Å². The molecule has 0 radical (unpaired) electrons. The van der Waals surface area contributed by atoms with Crippen LogP contribution >= 0.6 is 0 Å². The number of rotatable bonds is 4. The van der Waals surface area contributed by atoms with Crippen molar-refractivity contribution in [3.05, 3.63) is 48.3 Å². The van der Waals surface area contributed by atoms with Crippen molar-refractivity contribution in [3.8, 4) is 0 Å². The number of hydrogen-bond donors (Lipinski definition) is 2. The van der Waals surface area contributed by atoms with Gasteiger partial charge in [0.2, 0.25) is 5.91 Å². The van der Waals surface area contributed by atoms with Crippen molar-refractivity contribution in [3.63, 3.8) is 0 Å². The van der Waals surface area contributed by atoms with Crippen molar-refractivity contribution < 1.29 is 14.0 Å². The Bertz CT molecular complexity index is 717. The SMILES string of the molecule is O=C(Nc1ccc(F)c(NC(=O)C2CC2)c1)c1cnccn1. The van der Waals surface area contributed by atoms with E-state index in [1.807, 2.05) is 0 Å². The van der Waals surface area contributed by atoms with Crippen LogP contribution in [0.4, 0.5) is 15.8 Å². The van der Waals surface area contributed by atoms with E-state index in [0.29, 0.717) is 5.69 Å². The molecule has 0 aliphatic heterocycles. The van der Waals surface area contributed by atoms with Gasteiger partial charge in [-0.3, -0.25) is 14.6 Å². The molecule has 1 aromatic carbocycles. The standard InChI is InChI=1S/C15H13FN4O2/c16-11-4-3-10(7-12(11)20-14(21)9-1-2-9)19-15(22)13-8-17-5-6-18-13/h3-9H,1-2H2,(H,19,22)(H,20,21). The van der Waals surface area contributed by atoms with Crippen LogP contribution in [0.2, 0.25) is 0 Å². The molecule has 2 amide bonds. The Morgan fingerprint density at radius 2 is 2.00 bits per heavy atom. The molecule has 2 N–H and O–H groups in total. The zero-order valence-corrected chi connectivity index (χ0v) is 11.5. The van der Waals surface area contributed by atoms with Gasteiger partial charge in [-0.25, -0.2) is 9.37 Å². The fourth-order valence-corrected chi connectivity index (χ4v) is 1.89. The maximum absolute atomic E-state index is 13.7. The maximum atomic E-state index is 13.7. The Morgan fingerprint density at radius 3 is 2.68 bits per heavy atom. The number of nitrogens with one attached hydrogen (secondary N) is 2. The summed E-state index contributed by atoms with van der Waals surface area (Å²) in [5.74, 6) is -1.24. The zero-order chi connectivity index (χ0) is 15.5. The first-order chi connectivity index (χ1) is 10.6. The van der Waals surface area contributed by atoms with Gasteiger partial charge in [0.1, 0.15) is 11.5 Å². The largest absolute Gasteiger partial charge is 0.323 e. The second kappa shape index (κ2) is 5.88. The van der Waals surface area contributed by atoms with E-state index in [4.69, 9.17) is 0 Å². The highest BCUT2D eigenvalue weighted by Crippen LogP contribution is 2.31. The predicted molar refractivity (Wildman–Crippen MR) is 77.7 cm³/mol. The smallest absolute Gasteiger partial charge is 0.275 e. The number of nitrogens with zero attached hydrogens (tertiary/aromatic N) is 2. The summed E-state index contributed by atoms with van der Waals surface area (Å²) in [5, 5.41) is 5.12. The molecular weight excluding hydrogens is 287 g/mol. The zero-order valence-electron chi connectivity index (χ0n) is 11.5. The van der Waals surface area contributed by atoms with Crippen molar-refractivity contribution in [1.82, 2.24) is 9.97 Å². The molecule has 22 heavy (non-hydrogen) atoms. The van der Waals surface area contributed by atoms with E-state index in [2.05, 4.69) is 20.6 Å². The van der Waals surface area contributed by atoms with Gasteiger partial charge in [-0.05, 0) is 31.0 Å². The fraction of sp³-hybridized carbons (Fsp3) is 0.200. The Balaban J connectivity index is 1.74. The Kier molecular flexibility index (Phi) is 3.78. The molecule has 1 aliphatic carbocycles. The highest BCUT2D eigenvalue weighted by molar-refractivity contribution is 6.03. The first kappa shape index (κ1) is 14.1. The van der Waals surface area contributed by atoms with Crippen molar-refractivity contribution in [2.75, 3.05) is 10.6 Å². The number of carbonyl (C=O) groups excluding carboxylic acids is 2. The van der Waals surface area contributed by atoms with Crippen molar-refractivity contribution >= 4 is 23.2 Å². The minimum atomic E-state index is -0.550. The van der Waals surface area contributed by atoms with Crippen molar-refractivity contribution in [2.24, 2.45) is 5.92 Å². The highest BCUT2D eigenvalue weighted by atomic mass is 19.1. The maximum Gasteiger partial charge on any atom is 0.275 e. The van der Waals surface area contributed by atoms with E-state index in [-0.39, 0.29) is 23.2 Å². The van der Waals surface area contributed by atoms with Gasteiger partial charge in [0.25, 0.3) is 5.91 Å². The quantitative estimate of drug-likeness (QED) is 0.906. The van der Waals surface area contributed by atoms with Gasteiger partial charge in [-0.15, -0.1) is 0 Å². The molecule has 0 unspecified atom stereocenters. The van der Waals surface area contributed by atoms with Crippen LogP contribution < -0.4 is 10.6 Å². The summed E-state index contributed by atoms with van der Waals surface area (Å²) in [6, 6.07) is 3.98. The van der Waals surface area contributed by atoms with E-state index >= 15 is 0 Å². The summed E-state index contributed by atoms with van der Waals surface area (Å²) in [6.07, 6.45) is 5.85. The van der Waals surface area contributed by atoms with E-state index in [1.54, 1.807) is 0 Å². The van der Waals surface area contributed by atoms with Crippen molar-refractivity contribution in [2.45, 2.75) is 12.8 Å². The summed E-state index contributed by atoms with van der Waals surface area (Å²) < 4.78 is 13.7. The molecule has 1 aromatic heterocycles. The van der Waals surface area contributed by atoms with Gasteiger partial charge >= 0.3 is 0 Å². The topological polar surface area (TPSA) is 84.0 Å². The van der Waals surface area contributed by atoms with Crippen LogP contribution in [-0.4, -0.2) is 21.8 Å². The summed E-state index contributed by atoms with van der Waals surface area (Å²) >= 11 is 0. The fourth-order valence-electron chi connectivity index (χ4n) is 1.89. The average Bonchev–Trinajstić information content (AvgIpc) is 3.36. The summed E-state index contributed by atoms with van der Waals surface area (Å²) in [5.41, 5.74) is 0.562. The minimum absolute atomic E-state index is 0.0303. The lowest BCUT2D eigenvalue weighted by Gasteiger charge is -2.09. The number of anilines is 2. The third kappa shape index (κ3) is 3.25. The Morgan fingerprint density at radius 1 is 1.18 bits per heavy atom. The molecule has 2 aromatic rings. The van der Waals surface area contributed by atoms with Crippen LogP contribution in [0.3, 0.4) is 0 Å². The van der Waals surface area contributed by atoms with Gasteiger partial charge in [0, 0.05) is 24.0 Å². The van der Waals surface area contributed by atoms with Crippen LogP contribution in [0.5, 0.6) is 0 Å². The first-order valence-electron chi connectivity index (χ1n) is 6.81. The summed E-state index contributed by atoms with van der Waals surface area (Å²) in [4.78, 5) is 31.3. The first-order valence-corrected chi connectivity index (χ1v) is 6.81. The normalized spacial score (nSPS) is 13.5. The van der Waals surface area contributed by atoms with Crippen LogP contribution in [-0.2, 0) is 4.79 Å². The Labute approximate surface area is 125 Å². The number of amides is 2. The van der Waals surface area contributed by atoms with Crippen LogP contribution in [0.25, 0.3) is 0 Å². The number of aromatic nitrogens is 2. The third-order valence-electron chi connectivity index (χ3n) is 3.23. The number of hydrogen-bond acceptors (Lipinski definition) is 4. The number of halogens is 1. The molecule has 112 valence electrons. The molecule has 0 atom stereocenters. The van der Waals surface area contributed by atoms with E-state index < -0.39 is 11.7 Å². The van der Waals surface area contributed by atoms with Gasteiger partial charge < -0.3 is 10.6 Å². The molecule has 6 nitrogen and oxygen atoms in total. The number of benzene rings is 1. The van der Waals surface area contributed by atoms with Crippen LogP contribution in [0.1, 0.15) is 23.3 Å². The highest BCUT2D eigenvalue weighted by Gasteiger charge is 2.30. The summed E-state index contributed by atoms with van der Waals surface area (Å²) in [7, 11) is 0.